The third-order valence-corrected chi connectivity index (χ3v) is 19.5. The lowest BCUT2D eigenvalue weighted by Crippen LogP contribution is -1.96. The Labute approximate surface area is 457 Å². The largest absolute Gasteiger partial charge is 0.455 e. The maximum Gasteiger partial charge on any atom is 0.145 e. The molecular weight excluding hydrogens is 1000 g/mol. The van der Waals surface area contributed by atoms with Crippen LogP contribution in [0.3, 0.4) is 0 Å². The molecule has 19 aromatic rings. The molecule has 0 atom stereocenters. The van der Waals surface area contributed by atoms with Crippen LogP contribution in [0.25, 0.3) is 172 Å². The van der Waals surface area contributed by atoms with Gasteiger partial charge in [0.05, 0.1) is 49.5 Å². The van der Waals surface area contributed by atoms with Crippen molar-refractivity contribution < 1.29 is 4.42 Å². The lowest BCUT2D eigenvalue weighted by molar-refractivity contribution is 0.673. The van der Waals surface area contributed by atoms with Gasteiger partial charge in [-0.3, -0.25) is 0 Å². The topological polar surface area (TPSA) is 32.9 Å². The zero-order valence-electron chi connectivity index (χ0n) is 42.1. The molecule has 0 aliphatic carbocycles. The summed E-state index contributed by atoms with van der Waals surface area (Å²) < 4.78 is 22.3. The van der Waals surface area contributed by atoms with Crippen molar-refractivity contribution >= 4 is 172 Å². The zero-order chi connectivity index (χ0) is 51.2. The van der Waals surface area contributed by atoms with E-state index in [1.807, 2.05) is 22.7 Å². The van der Waals surface area contributed by atoms with E-state index in [4.69, 9.17) is 4.42 Å². The molecule has 0 unspecified atom stereocenters. The van der Waals surface area contributed by atoms with Crippen molar-refractivity contribution in [3.8, 4) is 22.7 Å². The molecule has 0 radical (unpaired) electrons. The van der Waals surface area contributed by atoms with Crippen LogP contribution in [0.4, 0.5) is 0 Å². The molecular formula is C72H40N4OS2. The summed E-state index contributed by atoms with van der Waals surface area (Å²) in [4.78, 5) is 0. The van der Waals surface area contributed by atoms with Gasteiger partial charge in [-0.05, 0) is 121 Å². The van der Waals surface area contributed by atoms with Crippen LogP contribution in [-0.2, 0) is 0 Å². The minimum Gasteiger partial charge on any atom is -0.455 e. The number of rotatable bonds is 4. The van der Waals surface area contributed by atoms with E-state index in [0.29, 0.717) is 0 Å². The first-order valence-electron chi connectivity index (χ1n) is 26.9. The molecule has 7 heteroatoms. The molecule has 0 aliphatic rings. The number of hydrogen-bond acceptors (Lipinski definition) is 3. The molecule has 0 aliphatic heterocycles. The van der Waals surface area contributed by atoms with E-state index in [9.17, 15) is 0 Å². The Morgan fingerprint density at radius 1 is 0.241 bits per heavy atom. The van der Waals surface area contributed by atoms with Gasteiger partial charge < -0.3 is 22.7 Å². The third-order valence-electron chi connectivity index (χ3n) is 17.1. The summed E-state index contributed by atoms with van der Waals surface area (Å²) in [6.07, 6.45) is 0. The lowest BCUT2D eigenvalue weighted by atomic mass is 10.1. The van der Waals surface area contributed by atoms with Crippen molar-refractivity contribution in [3.63, 3.8) is 0 Å². The summed E-state index contributed by atoms with van der Waals surface area (Å²) in [7, 11) is 0. The molecule has 0 saturated carbocycles. The van der Waals surface area contributed by atoms with Crippen molar-refractivity contribution in [2.24, 2.45) is 0 Å². The van der Waals surface area contributed by atoms with Crippen LogP contribution in [-0.4, -0.2) is 18.3 Å². The normalized spacial score (nSPS) is 12.6. The molecule has 7 aromatic heterocycles. The van der Waals surface area contributed by atoms with E-state index in [1.165, 1.54) is 106 Å². The van der Waals surface area contributed by atoms with Gasteiger partial charge in [0.1, 0.15) is 11.2 Å². The van der Waals surface area contributed by atoms with Crippen molar-refractivity contribution in [3.05, 3.63) is 243 Å². The van der Waals surface area contributed by atoms with E-state index in [0.717, 1.165) is 66.5 Å². The first kappa shape index (κ1) is 42.2. The predicted octanol–water partition coefficient (Wildman–Crippen LogP) is 20.7. The molecule has 79 heavy (non-hydrogen) atoms. The SMILES string of the molecule is c1ccc(-n2c3ccccc3c3cc(-n4c5ccc(-n6c7ccccc7c7c8sc9ccccc9c8ccc76)cc5c5c6oc7ccc(-n8c9ccccc9c9c%10sc%11ccccc%11c%10ccc98)cc7c6ccc54)ccc32)cc1. The van der Waals surface area contributed by atoms with Gasteiger partial charge in [-0.1, -0.05) is 121 Å². The quantitative estimate of drug-likeness (QED) is 0.173. The standard InChI is InChI=1S/C72H40N4OS2/c1-2-14-41(15-3-1)73-56-21-9-4-16-45(56)53-38-42(26-32-59(53)73)76-60-33-27-43(74-57-22-10-5-19-51(57)68-62(74)35-30-49-46-17-7-12-24-65(46)78-71(49)68)40-55(60)67-61(76)34-29-48-54-39-44(28-37-64(54)77-70(48)67)75-58-23-11-6-20-52(58)69-63(75)36-31-50-47-18-8-13-25-66(47)79-72(50)69/h1-40H. The van der Waals surface area contributed by atoms with Crippen molar-refractivity contribution in [2.45, 2.75) is 0 Å². The van der Waals surface area contributed by atoms with Crippen LogP contribution in [0.15, 0.2) is 247 Å². The van der Waals surface area contributed by atoms with Crippen LogP contribution in [0, 0.1) is 0 Å². The predicted molar refractivity (Wildman–Crippen MR) is 337 cm³/mol. The van der Waals surface area contributed by atoms with Crippen molar-refractivity contribution in [1.29, 1.82) is 0 Å². The molecule has 0 fully saturated rings. The lowest BCUT2D eigenvalue weighted by Gasteiger charge is -2.11. The van der Waals surface area contributed by atoms with Gasteiger partial charge in [-0.25, -0.2) is 0 Å². The Hall–Kier alpha value is -9.92. The van der Waals surface area contributed by atoms with Gasteiger partial charge in [-0.15, -0.1) is 22.7 Å². The number of furan rings is 1. The van der Waals surface area contributed by atoms with Gasteiger partial charge in [-0.2, -0.15) is 0 Å². The molecule has 12 aromatic carbocycles. The minimum atomic E-state index is 0.862. The molecule has 7 heterocycles. The highest BCUT2D eigenvalue weighted by molar-refractivity contribution is 7.27. The van der Waals surface area contributed by atoms with E-state index in [2.05, 4.69) is 261 Å². The van der Waals surface area contributed by atoms with Crippen LogP contribution in [0.1, 0.15) is 0 Å². The Morgan fingerprint density at radius 2 is 0.646 bits per heavy atom. The summed E-state index contributed by atoms with van der Waals surface area (Å²) in [5, 5.41) is 17.2. The van der Waals surface area contributed by atoms with Crippen LogP contribution in [0.5, 0.6) is 0 Å². The van der Waals surface area contributed by atoms with E-state index in [-0.39, 0.29) is 0 Å². The highest BCUT2D eigenvalue weighted by Crippen LogP contribution is 2.48. The number of nitrogens with zero attached hydrogens (tertiary/aromatic N) is 4. The Bertz CT molecular complexity index is 5880. The second-order valence-electron chi connectivity index (χ2n) is 21.1. The number of hydrogen-bond donors (Lipinski definition) is 0. The highest BCUT2D eigenvalue weighted by atomic mass is 32.1. The van der Waals surface area contributed by atoms with Gasteiger partial charge in [0.15, 0.2) is 0 Å². The average Bonchev–Trinajstić information content (AvgIpc) is 4.57. The van der Waals surface area contributed by atoms with Gasteiger partial charge >= 0.3 is 0 Å². The molecule has 0 N–H and O–H groups in total. The molecule has 366 valence electrons. The summed E-state index contributed by atoms with van der Waals surface area (Å²) in [6, 6.07) is 89.7. The monoisotopic (exact) mass is 1040 g/mol. The second kappa shape index (κ2) is 15.4. The molecule has 19 rings (SSSR count). The maximum absolute atomic E-state index is 7.26. The smallest absolute Gasteiger partial charge is 0.145 e. The zero-order valence-corrected chi connectivity index (χ0v) is 43.7. The van der Waals surface area contributed by atoms with Gasteiger partial charge in [0.2, 0.25) is 0 Å². The maximum atomic E-state index is 7.26. The number of thiophene rings is 2. The molecule has 0 saturated heterocycles. The third kappa shape index (κ3) is 5.57. The first-order chi connectivity index (χ1) is 39.2. The van der Waals surface area contributed by atoms with Crippen molar-refractivity contribution in [1.82, 2.24) is 18.3 Å². The summed E-state index contributed by atoms with van der Waals surface area (Å²) in [5.41, 5.74) is 15.5. The Morgan fingerprint density at radius 3 is 1.24 bits per heavy atom. The van der Waals surface area contributed by atoms with Crippen LogP contribution >= 0.6 is 22.7 Å². The minimum absolute atomic E-state index is 0.862. The fraction of sp³-hybridized carbons (Fsp3) is 0. The molecule has 0 amide bonds. The summed E-state index contributed by atoms with van der Waals surface area (Å²) in [6.45, 7) is 0. The summed E-state index contributed by atoms with van der Waals surface area (Å²) >= 11 is 3.79. The van der Waals surface area contributed by atoms with E-state index in [1.54, 1.807) is 0 Å². The number of para-hydroxylation sites is 4. The van der Waals surface area contributed by atoms with Crippen LogP contribution in [0.2, 0.25) is 0 Å². The second-order valence-corrected chi connectivity index (χ2v) is 23.2. The van der Waals surface area contributed by atoms with Gasteiger partial charge in [0.25, 0.3) is 0 Å². The molecule has 0 bridgehead atoms. The van der Waals surface area contributed by atoms with Crippen molar-refractivity contribution in [2.75, 3.05) is 0 Å². The fourth-order valence-electron chi connectivity index (χ4n) is 13.9. The number of benzene rings is 12. The summed E-state index contributed by atoms with van der Waals surface area (Å²) in [5.74, 6) is 0. The van der Waals surface area contributed by atoms with Crippen LogP contribution < -0.4 is 0 Å². The Balaban J connectivity index is 0.881. The highest BCUT2D eigenvalue weighted by Gasteiger charge is 2.25. The van der Waals surface area contributed by atoms with E-state index >= 15 is 0 Å². The van der Waals surface area contributed by atoms with E-state index < -0.39 is 0 Å². The Kier molecular flexibility index (Phi) is 8.23. The molecule has 0 spiro atoms. The average molecular weight is 1040 g/mol. The number of aromatic nitrogens is 4. The fourth-order valence-corrected chi connectivity index (χ4v) is 16.4. The first-order valence-corrected chi connectivity index (χ1v) is 28.5. The number of fused-ring (bicyclic) bond motifs is 24. The molecule has 5 nitrogen and oxygen atoms in total. The van der Waals surface area contributed by atoms with Gasteiger partial charge in [0, 0.05) is 112 Å².